The van der Waals surface area contributed by atoms with Gasteiger partial charge in [-0.05, 0) is 17.7 Å². The molecular weight excluding hydrogens is 334 g/mol. The highest BCUT2D eigenvalue weighted by Gasteiger charge is 2.24. The number of benzene rings is 1. The van der Waals surface area contributed by atoms with Gasteiger partial charge in [-0.25, -0.2) is 4.98 Å². The van der Waals surface area contributed by atoms with Crippen molar-refractivity contribution < 1.29 is 0 Å². The lowest BCUT2D eigenvalue weighted by molar-refractivity contribution is 0.152. The molecule has 2 aromatic heterocycles. The molecule has 4 rings (SSSR count). The third-order valence-electron chi connectivity index (χ3n) is 4.49. The Bertz CT molecular complexity index is 775. The van der Waals surface area contributed by atoms with E-state index in [0.29, 0.717) is 6.04 Å². The van der Waals surface area contributed by atoms with Crippen molar-refractivity contribution in [3.8, 4) is 11.4 Å². The molecule has 0 bridgehead atoms. The number of nitrogens with zero attached hydrogens (tertiary/aromatic N) is 3. The first-order valence-corrected chi connectivity index (χ1v) is 8.34. The molecule has 2 N–H and O–H groups in total. The second kappa shape index (κ2) is 8.25. The molecule has 1 atom stereocenters. The van der Waals surface area contributed by atoms with E-state index < -0.39 is 0 Å². The van der Waals surface area contributed by atoms with Gasteiger partial charge in [0.15, 0.2) is 0 Å². The molecule has 1 saturated heterocycles. The third kappa shape index (κ3) is 4.07. The summed E-state index contributed by atoms with van der Waals surface area (Å²) in [5.74, 6) is 0.932. The molecule has 1 aliphatic rings. The highest BCUT2D eigenvalue weighted by molar-refractivity contribution is 5.85. The Balaban J connectivity index is 0.00000182. The van der Waals surface area contributed by atoms with Gasteiger partial charge in [0, 0.05) is 62.1 Å². The van der Waals surface area contributed by atoms with E-state index in [4.69, 9.17) is 0 Å². The molecule has 0 aliphatic carbocycles. The average molecular weight is 356 g/mol. The highest BCUT2D eigenvalue weighted by Crippen LogP contribution is 2.24. The Kier molecular flexibility index (Phi) is 5.81. The van der Waals surface area contributed by atoms with Crippen molar-refractivity contribution in [1.82, 2.24) is 25.2 Å². The highest BCUT2D eigenvalue weighted by atomic mass is 35.5. The van der Waals surface area contributed by atoms with E-state index in [1.54, 1.807) is 0 Å². The van der Waals surface area contributed by atoms with Crippen molar-refractivity contribution in [2.75, 3.05) is 19.6 Å². The van der Waals surface area contributed by atoms with Gasteiger partial charge >= 0.3 is 0 Å². The molecule has 1 unspecified atom stereocenters. The Morgan fingerprint density at radius 1 is 1.08 bits per heavy atom. The zero-order valence-electron chi connectivity index (χ0n) is 13.9. The maximum Gasteiger partial charge on any atom is 0.137 e. The van der Waals surface area contributed by atoms with Gasteiger partial charge in [-0.1, -0.05) is 30.3 Å². The maximum absolute atomic E-state index is 4.54. The van der Waals surface area contributed by atoms with Crippen LogP contribution in [0.3, 0.4) is 0 Å². The van der Waals surface area contributed by atoms with E-state index in [9.17, 15) is 0 Å². The normalized spacial score (nSPS) is 17.8. The van der Waals surface area contributed by atoms with Gasteiger partial charge in [0.2, 0.25) is 0 Å². The minimum atomic E-state index is 0. The number of aromatic nitrogens is 3. The lowest BCUT2D eigenvalue weighted by Crippen LogP contribution is -2.45. The minimum absolute atomic E-state index is 0. The predicted molar refractivity (Wildman–Crippen MR) is 102 cm³/mol. The van der Waals surface area contributed by atoms with Crippen molar-refractivity contribution in [3.63, 3.8) is 0 Å². The number of nitrogens with one attached hydrogen (secondary N) is 2. The molecule has 0 radical (unpaired) electrons. The van der Waals surface area contributed by atoms with Crippen molar-refractivity contribution in [3.05, 3.63) is 72.3 Å². The number of hydrogen-bond donors (Lipinski definition) is 2. The number of rotatable bonds is 4. The van der Waals surface area contributed by atoms with E-state index in [0.717, 1.165) is 43.3 Å². The fourth-order valence-corrected chi connectivity index (χ4v) is 3.25. The summed E-state index contributed by atoms with van der Waals surface area (Å²) < 4.78 is 0. The summed E-state index contributed by atoms with van der Waals surface area (Å²) in [6, 6.07) is 14.8. The first kappa shape index (κ1) is 17.6. The number of H-pyrrole nitrogens is 1. The van der Waals surface area contributed by atoms with Crippen molar-refractivity contribution in [1.29, 1.82) is 0 Å². The topological polar surface area (TPSA) is 56.8 Å². The van der Waals surface area contributed by atoms with Gasteiger partial charge in [-0.2, -0.15) is 0 Å². The zero-order chi connectivity index (χ0) is 16.2. The lowest BCUT2D eigenvalue weighted by Gasteiger charge is -2.36. The van der Waals surface area contributed by atoms with E-state index in [2.05, 4.69) is 49.4 Å². The van der Waals surface area contributed by atoms with Crippen LogP contribution in [-0.4, -0.2) is 39.5 Å². The van der Waals surface area contributed by atoms with E-state index in [-0.39, 0.29) is 12.4 Å². The molecule has 1 fully saturated rings. The minimum Gasteiger partial charge on any atom is -0.341 e. The molecule has 25 heavy (non-hydrogen) atoms. The van der Waals surface area contributed by atoms with Gasteiger partial charge in [0.25, 0.3) is 0 Å². The van der Waals surface area contributed by atoms with Crippen molar-refractivity contribution >= 4 is 12.4 Å². The van der Waals surface area contributed by atoms with Gasteiger partial charge in [0.05, 0.1) is 0 Å². The van der Waals surface area contributed by atoms with E-state index in [1.165, 1.54) is 5.56 Å². The van der Waals surface area contributed by atoms with Gasteiger partial charge in [-0.15, -0.1) is 12.4 Å². The van der Waals surface area contributed by atoms with Crippen molar-refractivity contribution in [2.45, 2.75) is 12.6 Å². The fraction of sp³-hybridized carbons (Fsp3) is 0.263. The van der Waals surface area contributed by atoms with Crippen molar-refractivity contribution in [2.24, 2.45) is 0 Å². The van der Waals surface area contributed by atoms with E-state index in [1.807, 2.05) is 36.8 Å². The Morgan fingerprint density at radius 3 is 2.68 bits per heavy atom. The predicted octanol–water partition coefficient (Wildman–Crippen LogP) is 3.04. The Morgan fingerprint density at radius 2 is 1.88 bits per heavy atom. The molecule has 3 aromatic rings. The molecule has 0 saturated carbocycles. The smallest absolute Gasteiger partial charge is 0.137 e. The van der Waals surface area contributed by atoms with Crippen LogP contribution in [0.25, 0.3) is 11.4 Å². The Hall–Kier alpha value is -2.21. The third-order valence-corrected chi connectivity index (χ3v) is 4.49. The molecule has 1 aliphatic heterocycles. The van der Waals surface area contributed by atoms with Crippen LogP contribution in [0.5, 0.6) is 0 Å². The number of pyridine rings is 1. The summed E-state index contributed by atoms with van der Waals surface area (Å²) in [6.45, 7) is 3.87. The lowest BCUT2D eigenvalue weighted by atomic mass is 10.0. The van der Waals surface area contributed by atoms with Crippen LogP contribution >= 0.6 is 12.4 Å². The largest absolute Gasteiger partial charge is 0.341 e. The summed E-state index contributed by atoms with van der Waals surface area (Å²) in [6.07, 6.45) is 5.69. The van der Waals surface area contributed by atoms with E-state index >= 15 is 0 Å². The summed E-state index contributed by atoms with van der Waals surface area (Å²) in [4.78, 5) is 14.6. The number of imidazole rings is 1. The molecule has 0 spiro atoms. The number of piperazine rings is 1. The average Bonchev–Trinajstić information content (AvgIpc) is 3.12. The SMILES string of the molecule is Cl.c1ccc(-c2ncc(CN3CCNCC3c3ccncc3)[nH]2)cc1. The van der Waals surface area contributed by atoms with Crippen LogP contribution in [-0.2, 0) is 6.54 Å². The van der Waals surface area contributed by atoms with Crippen LogP contribution in [0.4, 0.5) is 0 Å². The first-order valence-electron chi connectivity index (χ1n) is 8.34. The Labute approximate surface area is 153 Å². The summed E-state index contributed by atoms with van der Waals surface area (Å²) in [7, 11) is 0. The van der Waals surface area contributed by atoms with Crippen LogP contribution in [0, 0.1) is 0 Å². The molecule has 130 valence electrons. The summed E-state index contributed by atoms with van der Waals surface area (Å²) in [5.41, 5.74) is 3.57. The van der Waals surface area contributed by atoms with Crippen LogP contribution in [0.2, 0.25) is 0 Å². The molecule has 3 heterocycles. The first-order chi connectivity index (χ1) is 11.9. The zero-order valence-corrected chi connectivity index (χ0v) is 14.7. The summed E-state index contributed by atoms with van der Waals surface area (Å²) >= 11 is 0. The van der Waals surface area contributed by atoms with Crippen LogP contribution < -0.4 is 5.32 Å². The number of halogens is 1. The molecule has 6 heteroatoms. The molecule has 1 aromatic carbocycles. The monoisotopic (exact) mass is 355 g/mol. The quantitative estimate of drug-likeness (QED) is 0.755. The van der Waals surface area contributed by atoms with Gasteiger partial charge < -0.3 is 10.3 Å². The van der Waals surface area contributed by atoms with Gasteiger partial charge in [-0.3, -0.25) is 9.88 Å². The second-order valence-corrected chi connectivity index (χ2v) is 6.09. The number of aromatic amines is 1. The summed E-state index contributed by atoms with van der Waals surface area (Å²) in [5, 5.41) is 3.49. The fourth-order valence-electron chi connectivity index (χ4n) is 3.25. The second-order valence-electron chi connectivity index (χ2n) is 6.09. The molecule has 5 nitrogen and oxygen atoms in total. The van der Waals surface area contributed by atoms with Crippen LogP contribution in [0.15, 0.2) is 61.1 Å². The molecular formula is C19H22ClN5. The number of hydrogen-bond acceptors (Lipinski definition) is 4. The van der Waals surface area contributed by atoms with Crippen LogP contribution in [0.1, 0.15) is 17.3 Å². The van der Waals surface area contributed by atoms with Gasteiger partial charge in [0.1, 0.15) is 5.82 Å². The maximum atomic E-state index is 4.54. The molecule has 0 amide bonds. The standard InChI is InChI=1S/C19H21N5.ClH/c1-2-4-16(5-3-1)19-22-12-17(23-19)14-24-11-10-21-13-18(24)15-6-8-20-9-7-15;/h1-9,12,18,21H,10-11,13-14H2,(H,22,23);1H.